The summed E-state index contributed by atoms with van der Waals surface area (Å²) in [6, 6.07) is 8.79. The minimum absolute atomic E-state index is 0.305. The van der Waals surface area contributed by atoms with E-state index in [-0.39, 0.29) is 0 Å². The molecule has 0 radical (unpaired) electrons. The fourth-order valence-electron chi connectivity index (χ4n) is 2.06. The molecule has 0 aliphatic rings. The van der Waals surface area contributed by atoms with Crippen LogP contribution in [0.2, 0.25) is 0 Å². The molecule has 2 nitrogen and oxygen atoms in total. The smallest absolute Gasteiger partial charge is 0.133 e. The van der Waals surface area contributed by atoms with Crippen LogP contribution < -0.4 is 10.1 Å². The van der Waals surface area contributed by atoms with Gasteiger partial charge in [-0.25, -0.2) is 0 Å². The first-order valence-corrected chi connectivity index (χ1v) is 8.25. The van der Waals surface area contributed by atoms with Crippen molar-refractivity contribution in [1.82, 2.24) is 5.32 Å². The standard InChI is InChI=1S/C16H20BrNOS/c1-10-7-14(20-12(10)3)9-18-11(2)13-5-6-16(19-4)15(17)8-13/h5-8,11,18H,9H2,1-4H3. The fourth-order valence-corrected chi connectivity index (χ4v) is 3.62. The lowest BCUT2D eigenvalue weighted by molar-refractivity contribution is 0.411. The molecule has 1 atom stereocenters. The summed E-state index contributed by atoms with van der Waals surface area (Å²) in [5, 5.41) is 3.57. The van der Waals surface area contributed by atoms with E-state index >= 15 is 0 Å². The molecule has 1 N–H and O–H groups in total. The highest BCUT2D eigenvalue weighted by atomic mass is 79.9. The van der Waals surface area contributed by atoms with Crippen molar-refractivity contribution in [2.75, 3.05) is 7.11 Å². The second-order valence-corrected chi connectivity index (χ2v) is 7.14. The van der Waals surface area contributed by atoms with E-state index in [0.717, 1.165) is 16.8 Å². The lowest BCUT2D eigenvalue weighted by Gasteiger charge is -2.15. The lowest BCUT2D eigenvalue weighted by atomic mass is 10.1. The van der Waals surface area contributed by atoms with Gasteiger partial charge in [0, 0.05) is 22.3 Å². The van der Waals surface area contributed by atoms with Gasteiger partial charge in [0.25, 0.3) is 0 Å². The van der Waals surface area contributed by atoms with Gasteiger partial charge in [0.1, 0.15) is 5.75 Å². The molecular formula is C16H20BrNOS. The molecule has 4 heteroatoms. The number of hydrogen-bond donors (Lipinski definition) is 1. The van der Waals surface area contributed by atoms with Gasteiger partial charge in [-0.2, -0.15) is 0 Å². The van der Waals surface area contributed by atoms with Gasteiger partial charge in [-0.15, -0.1) is 11.3 Å². The maximum absolute atomic E-state index is 5.26. The molecule has 0 saturated carbocycles. The van der Waals surface area contributed by atoms with Crippen LogP contribution >= 0.6 is 27.3 Å². The maximum Gasteiger partial charge on any atom is 0.133 e. The molecule has 1 heterocycles. The first kappa shape index (κ1) is 15.5. The summed E-state index contributed by atoms with van der Waals surface area (Å²) in [4.78, 5) is 2.79. The monoisotopic (exact) mass is 353 g/mol. The zero-order valence-corrected chi connectivity index (χ0v) is 14.7. The average molecular weight is 354 g/mol. The summed E-state index contributed by atoms with van der Waals surface area (Å²) in [5.74, 6) is 0.866. The van der Waals surface area contributed by atoms with Crippen molar-refractivity contribution in [3.8, 4) is 5.75 Å². The molecule has 0 aliphatic heterocycles. The number of halogens is 1. The Kier molecular flexibility index (Phi) is 5.24. The minimum atomic E-state index is 0.305. The molecule has 0 spiro atoms. The molecule has 0 aliphatic carbocycles. The molecule has 20 heavy (non-hydrogen) atoms. The van der Waals surface area contributed by atoms with Crippen LogP contribution in [0.15, 0.2) is 28.7 Å². The Bertz CT molecular complexity index is 575. The lowest BCUT2D eigenvalue weighted by Crippen LogP contribution is -2.17. The van der Waals surface area contributed by atoms with Gasteiger partial charge in [-0.1, -0.05) is 6.07 Å². The first-order valence-electron chi connectivity index (χ1n) is 6.64. The van der Waals surface area contributed by atoms with Crippen molar-refractivity contribution in [3.05, 3.63) is 49.6 Å². The molecule has 108 valence electrons. The van der Waals surface area contributed by atoms with Crippen LogP contribution in [0.3, 0.4) is 0 Å². The highest BCUT2D eigenvalue weighted by Gasteiger charge is 2.09. The number of benzene rings is 1. The van der Waals surface area contributed by atoms with Crippen LogP contribution in [0.1, 0.15) is 33.8 Å². The molecule has 0 fully saturated rings. The van der Waals surface area contributed by atoms with E-state index in [1.54, 1.807) is 7.11 Å². The van der Waals surface area contributed by atoms with E-state index < -0.39 is 0 Å². The number of nitrogens with one attached hydrogen (secondary N) is 1. The fraction of sp³-hybridized carbons (Fsp3) is 0.375. The summed E-state index contributed by atoms with van der Waals surface area (Å²) < 4.78 is 6.25. The largest absolute Gasteiger partial charge is 0.496 e. The molecule has 1 aromatic heterocycles. The molecule has 2 aromatic rings. The Morgan fingerprint density at radius 1 is 1.30 bits per heavy atom. The summed E-state index contributed by atoms with van der Waals surface area (Å²) in [5.41, 5.74) is 2.63. The van der Waals surface area contributed by atoms with Crippen LogP contribution in [0.4, 0.5) is 0 Å². The van der Waals surface area contributed by atoms with Gasteiger partial charge in [-0.05, 0) is 66.0 Å². The summed E-state index contributed by atoms with van der Waals surface area (Å²) >= 11 is 5.40. The van der Waals surface area contributed by atoms with Crippen LogP contribution in [0.5, 0.6) is 5.75 Å². The van der Waals surface area contributed by atoms with Crippen LogP contribution in [0.25, 0.3) is 0 Å². The van der Waals surface area contributed by atoms with Crippen molar-refractivity contribution in [3.63, 3.8) is 0 Å². The second-order valence-electron chi connectivity index (χ2n) is 4.95. The highest BCUT2D eigenvalue weighted by molar-refractivity contribution is 9.10. The van der Waals surface area contributed by atoms with Crippen molar-refractivity contribution < 1.29 is 4.74 Å². The van der Waals surface area contributed by atoms with Gasteiger partial charge in [0.05, 0.1) is 11.6 Å². The van der Waals surface area contributed by atoms with E-state index in [0.29, 0.717) is 6.04 Å². The first-order chi connectivity index (χ1) is 9.51. The second kappa shape index (κ2) is 6.74. The zero-order valence-electron chi connectivity index (χ0n) is 12.3. The number of ether oxygens (including phenoxy) is 1. The van der Waals surface area contributed by atoms with Crippen molar-refractivity contribution >= 4 is 27.3 Å². The quantitative estimate of drug-likeness (QED) is 0.817. The van der Waals surface area contributed by atoms with Gasteiger partial charge >= 0.3 is 0 Å². The maximum atomic E-state index is 5.26. The Hall–Kier alpha value is -0.840. The third-order valence-electron chi connectivity index (χ3n) is 3.48. The molecular weight excluding hydrogens is 334 g/mol. The molecule has 1 unspecified atom stereocenters. The number of rotatable bonds is 5. The van der Waals surface area contributed by atoms with E-state index in [9.17, 15) is 0 Å². The molecule has 0 bridgehead atoms. The molecule has 1 aromatic carbocycles. The zero-order chi connectivity index (χ0) is 14.7. The number of thiophene rings is 1. The number of aryl methyl sites for hydroxylation is 2. The van der Waals surface area contributed by atoms with Crippen molar-refractivity contribution in [2.45, 2.75) is 33.4 Å². The third-order valence-corrected chi connectivity index (χ3v) is 5.25. The van der Waals surface area contributed by atoms with E-state index in [4.69, 9.17) is 4.74 Å². The Morgan fingerprint density at radius 3 is 2.60 bits per heavy atom. The van der Waals surface area contributed by atoms with Crippen LogP contribution in [0, 0.1) is 13.8 Å². The topological polar surface area (TPSA) is 21.3 Å². The predicted octanol–water partition coefficient (Wildman–Crippen LogP) is 4.99. The van der Waals surface area contributed by atoms with Crippen molar-refractivity contribution in [1.29, 1.82) is 0 Å². The third kappa shape index (κ3) is 3.62. The molecule has 2 rings (SSSR count). The van der Waals surface area contributed by atoms with Crippen LogP contribution in [-0.2, 0) is 6.54 Å². The SMILES string of the molecule is COc1ccc(C(C)NCc2cc(C)c(C)s2)cc1Br. The van der Waals surface area contributed by atoms with Gasteiger partial charge in [-0.3, -0.25) is 0 Å². The number of methoxy groups -OCH3 is 1. The predicted molar refractivity (Wildman–Crippen MR) is 89.7 cm³/mol. The Morgan fingerprint density at radius 2 is 2.05 bits per heavy atom. The molecule has 0 saturated heterocycles. The highest BCUT2D eigenvalue weighted by Crippen LogP contribution is 2.28. The number of hydrogen-bond acceptors (Lipinski definition) is 3. The summed E-state index contributed by atoms with van der Waals surface area (Å²) in [7, 11) is 1.68. The van der Waals surface area contributed by atoms with Gasteiger partial charge in [0.15, 0.2) is 0 Å². The normalized spacial score (nSPS) is 12.4. The van der Waals surface area contributed by atoms with E-state index in [1.165, 1.54) is 20.9 Å². The Labute approximate surface area is 133 Å². The average Bonchev–Trinajstić information content (AvgIpc) is 2.75. The van der Waals surface area contributed by atoms with E-state index in [1.807, 2.05) is 17.4 Å². The van der Waals surface area contributed by atoms with Crippen LogP contribution in [-0.4, -0.2) is 7.11 Å². The summed E-state index contributed by atoms with van der Waals surface area (Å²) in [6.45, 7) is 7.43. The van der Waals surface area contributed by atoms with Gasteiger partial charge < -0.3 is 10.1 Å². The summed E-state index contributed by atoms with van der Waals surface area (Å²) in [6.07, 6.45) is 0. The molecule has 0 amide bonds. The van der Waals surface area contributed by atoms with E-state index in [2.05, 4.69) is 60.2 Å². The Balaban J connectivity index is 2.01. The minimum Gasteiger partial charge on any atom is -0.496 e. The van der Waals surface area contributed by atoms with Gasteiger partial charge in [0.2, 0.25) is 0 Å². The van der Waals surface area contributed by atoms with Crippen molar-refractivity contribution in [2.24, 2.45) is 0 Å².